The highest BCUT2D eigenvalue weighted by Crippen LogP contribution is 2.45. The average molecular weight is 436 g/mol. The summed E-state index contributed by atoms with van der Waals surface area (Å²) < 4.78 is 17.7. The molecule has 0 aromatic carbocycles. The summed E-state index contributed by atoms with van der Waals surface area (Å²) in [4.78, 5) is 9.64. The molecular weight excluding hydrogens is 397 g/mol. The zero-order chi connectivity index (χ0) is 22.1. The Hall–Kier alpha value is -1.90. The Balaban J connectivity index is 2.03. The highest BCUT2D eigenvalue weighted by atomic mass is 31.2. The molecule has 8 heteroatoms. The summed E-state index contributed by atoms with van der Waals surface area (Å²) >= 11 is 0. The van der Waals surface area contributed by atoms with Crippen molar-refractivity contribution < 1.29 is 9.09 Å². The van der Waals surface area contributed by atoms with Crippen molar-refractivity contribution in [2.45, 2.75) is 71.6 Å². The molecule has 0 radical (unpaired) electrons. The molecule has 2 N–H and O–H groups in total. The largest absolute Gasteiger partial charge is 0.369 e. The number of nitriles is 1. The average Bonchev–Trinajstić information content (AvgIpc) is 2.77. The van der Waals surface area contributed by atoms with E-state index in [1.807, 2.05) is 13.8 Å². The van der Waals surface area contributed by atoms with Crippen LogP contribution in [0.5, 0.6) is 0 Å². The number of nitrogens with two attached hydrogens (primary N) is 1. The lowest BCUT2D eigenvalue weighted by Crippen LogP contribution is -2.34. The molecule has 1 aromatic rings. The van der Waals surface area contributed by atoms with Crippen LogP contribution in [0, 0.1) is 11.5 Å². The maximum Gasteiger partial charge on any atom is 0.209 e. The Labute approximate surface area is 182 Å². The summed E-state index contributed by atoms with van der Waals surface area (Å²) in [6.45, 7) is 5.10. The molecule has 0 aliphatic heterocycles. The van der Waals surface area contributed by atoms with Gasteiger partial charge in [-0.15, -0.1) is 0 Å². The maximum absolute atomic E-state index is 12.1. The van der Waals surface area contributed by atoms with Crippen LogP contribution in [0.15, 0.2) is 29.5 Å². The van der Waals surface area contributed by atoms with E-state index in [4.69, 9.17) is 10.3 Å². The highest BCUT2D eigenvalue weighted by molar-refractivity contribution is 7.58. The monoisotopic (exact) mass is 435 g/mol. The predicted molar refractivity (Wildman–Crippen MR) is 124 cm³/mol. The lowest BCUT2D eigenvalue weighted by atomic mass is 10.1. The zero-order valence-corrected chi connectivity index (χ0v) is 19.5. The predicted octanol–water partition coefficient (Wildman–Crippen LogP) is 5.66. The third-order valence-corrected chi connectivity index (χ3v) is 7.70. The molecular formula is C22H38N5O2P. The Bertz CT molecular complexity index is 683. The number of nitrogens with zero attached hydrogens (tertiary/aromatic N) is 4. The van der Waals surface area contributed by atoms with E-state index in [0.717, 1.165) is 25.7 Å². The number of pyridine rings is 1. The fourth-order valence-electron chi connectivity index (χ4n) is 3.07. The van der Waals surface area contributed by atoms with Crippen LogP contribution in [0.4, 0.5) is 5.69 Å². The highest BCUT2D eigenvalue weighted by Gasteiger charge is 2.16. The minimum atomic E-state index is -2.33. The van der Waals surface area contributed by atoms with Gasteiger partial charge in [0.2, 0.25) is 13.3 Å². The van der Waals surface area contributed by atoms with Gasteiger partial charge in [0, 0.05) is 31.3 Å². The topological polar surface area (TPSA) is 105 Å². The molecule has 0 amide bonds. The number of aliphatic imine (C=N–C) groups is 1. The minimum Gasteiger partial charge on any atom is -0.369 e. The van der Waals surface area contributed by atoms with Gasteiger partial charge in [-0.2, -0.15) is 5.26 Å². The van der Waals surface area contributed by atoms with Crippen molar-refractivity contribution in [3.8, 4) is 6.19 Å². The fraction of sp³-hybridized carbons (Fsp3) is 0.682. The number of unbranched alkanes of at least 4 members (excludes halogenated alkanes) is 8. The molecule has 0 atom stereocenters. The van der Waals surface area contributed by atoms with E-state index in [-0.39, 0.29) is 5.96 Å². The molecule has 7 nitrogen and oxygen atoms in total. The molecule has 1 heterocycles. The van der Waals surface area contributed by atoms with Crippen molar-refractivity contribution in [3.05, 3.63) is 24.5 Å². The van der Waals surface area contributed by atoms with Crippen molar-refractivity contribution >= 4 is 19.0 Å². The van der Waals surface area contributed by atoms with E-state index >= 15 is 0 Å². The summed E-state index contributed by atoms with van der Waals surface area (Å²) in [5.41, 5.74) is 6.63. The quantitative estimate of drug-likeness (QED) is 0.0897. The second kappa shape index (κ2) is 15.9. The lowest BCUT2D eigenvalue weighted by molar-refractivity contribution is 0.302. The number of hydrogen-bond donors (Lipinski definition) is 1. The summed E-state index contributed by atoms with van der Waals surface area (Å²) in [6, 6.07) is 3.51. The molecule has 30 heavy (non-hydrogen) atoms. The molecule has 0 fully saturated rings. The van der Waals surface area contributed by atoms with Crippen molar-refractivity contribution in [1.82, 2.24) is 9.88 Å². The first-order chi connectivity index (χ1) is 14.5. The standard InChI is InChI=1S/C22H38N5O2P/c1-3-30(28,4-2)29-19-13-11-9-7-5-6-8-10-12-18-27(20-23)22(24)26-21-14-16-25-17-15-21/h14-17H,3-13,18-19H2,1-2H3,(H2,24,25,26). The second-order valence-electron chi connectivity index (χ2n) is 7.39. The van der Waals surface area contributed by atoms with Gasteiger partial charge < -0.3 is 10.3 Å². The van der Waals surface area contributed by atoms with Crippen molar-refractivity contribution in [3.63, 3.8) is 0 Å². The molecule has 0 bridgehead atoms. The molecule has 0 saturated carbocycles. The summed E-state index contributed by atoms with van der Waals surface area (Å²) in [6.07, 6.45) is 16.9. The van der Waals surface area contributed by atoms with E-state index in [1.54, 1.807) is 24.5 Å². The van der Waals surface area contributed by atoms with Gasteiger partial charge in [0.15, 0.2) is 6.19 Å². The van der Waals surface area contributed by atoms with Gasteiger partial charge in [0.25, 0.3) is 0 Å². The summed E-state index contributed by atoms with van der Waals surface area (Å²) in [5.74, 6) is 0.224. The van der Waals surface area contributed by atoms with Crippen LogP contribution in [0.3, 0.4) is 0 Å². The smallest absolute Gasteiger partial charge is 0.209 e. The minimum absolute atomic E-state index is 0.224. The Morgan fingerprint density at radius 3 is 2.13 bits per heavy atom. The van der Waals surface area contributed by atoms with E-state index in [1.165, 1.54) is 37.0 Å². The molecule has 0 aliphatic carbocycles. The number of hydrogen-bond acceptors (Lipinski definition) is 5. The van der Waals surface area contributed by atoms with Gasteiger partial charge in [-0.05, 0) is 25.0 Å². The molecule has 0 unspecified atom stereocenters. The number of guanidine groups is 1. The molecule has 0 spiro atoms. The van der Waals surface area contributed by atoms with Crippen LogP contribution in [-0.2, 0) is 9.09 Å². The molecule has 168 valence electrons. The summed E-state index contributed by atoms with van der Waals surface area (Å²) in [7, 11) is -2.33. The van der Waals surface area contributed by atoms with E-state index in [2.05, 4.69) is 16.2 Å². The van der Waals surface area contributed by atoms with Gasteiger partial charge in [-0.25, -0.2) is 9.89 Å². The number of rotatable bonds is 16. The first-order valence-corrected chi connectivity index (χ1v) is 13.2. The first-order valence-electron chi connectivity index (χ1n) is 11.2. The number of aromatic nitrogens is 1. The second-order valence-corrected chi connectivity index (χ2v) is 10.5. The van der Waals surface area contributed by atoms with Gasteiger partial charge >= 0.3 is 0 Å². The Morgan fingerprint density at radius 1 is 1.07 bits per heavy atom. The Morgan fingerprint density at radius 2 is 1.60 bits per heavy atom. The van der Waals surface area contributed by atoms with Crippen molar-refractivity contribution in [2.75, 3.05) is 25.5 Å². The summed E-state index contributed by atoms with van der Waals surface area (Å²) in [5, 5.41) is 9.29. The van der Waals surface area contributed by atoms with Gasteiger partial charge in [-0.3, -0.25) is 9.55 Å². The van der Waals surface area contributed by atoms with Gasteiger partial charge in [-0.1, -0.05) is 58.8 Å². The van der Waals surface area contributed by atoms with Crippen molar-refractivity contribution in [1.29, 1.82) is 5.26 Å². The van der Waals surface area contributed by atoms with Gasteiger partial charge in [0.05, 0.1) is 12.3 Å². The van der Waals surface area contributed by atoms with Crippen LogP contribution in [0.1, 0.15) is 71.6 Å². The van der Waals surface area contributed by atoms with Crippen LogP contribution in [-0.4, -0.2) is 41.3 Å². The Kier molecular flexibility index (Phi) is 13.8. The van der Waals surface area contributed by atoms with Crippen LogP contribution in [0.25, 0.3) is 0 Å². The van der Waals surface area contributed by atoms with E-state index < -0.39 is 7.37 Å². The lowest BCUT2D eigenvalue weighted by Gasteiger charge is -2.14. The molecule has 0 saturated heterocycles. The first kappa shape index (κ1) is 26.1. The third kappa shape index (κ3) is 11.3. The molecule has 1 aromatic heterocycles. The fourth-order valence-corrected chi connectivity index (χ4v) is 4.35. The SMILES string of the molecule is CCP(=O)(CC)OCCCCCCCCCCCN(C#N)C(N)=Nc1ccncc1. The maximum atomic E-state index is 12.1. The third-order valence-electron chi connectivity index (χ3n) is 5.12. The van der Waals surface area contributed by atoms with Crippen LogP contribution in [0.2, 0.25) is 0 Å². The van der Waals surface area contributed by atoms with Crippen molar-refractivity contribution in [2.24, 2.45) is 10.7 Å². The molecule has 0 aliphatic rings. The normalized spacial score (nSPS) is 12.0. The van der Waals surface area contributed by atoms with E-state index in [0.29, 0.717) is 31.2 Å². The molecule has 1 rings (SSSR count). The van der Waals surface area contributed by atoms with Gasteiger partial charge in [0.1, 0.15) is 0 Å². The zero-order valence-electron chi connectivity index (χ0n) is 18.6. The van der Waals surface area contributed by atoms with Crippen LogP contribution < -0.4 is 5.73 Å². The van der Waals surface area contributed by atoms with E-state index in [9.17, 15) is 9.83 Å². The van der Waals surface area contributed by atoms with Crippen LogP contribution >= 0.6 is 7.37 Å².